The van der Waals surface area contributed by atoms with Gasteiger partial charge >= 0.3 is 0 Å². The van der Waals surface area contributed by atoms with Gasteiger partial charge in [0, 0.05) is 63.1 Å². The molecule has 2 aliphatic heterocycles. The number of fused-ring (bicyclic) bond motifs is 1. The number of hydrogen-bond donors (Lipinski definition) is 0. The van der Waals surface area contributed by atoms with E-state index in [0.717, 1.165) is 82.3 Å². The molecule has 172 valence electrons. The van der Waals surface area contributed by atoms with Crippen LogP contribution in [0, 0.1) is 13.8 Å². The molecule has 0 radical (unpaired) electrons. The van der Waals surface area contributed by atoms with Crippen molar-refractivity contribution in [1.29, 1.82) is 0 Å². The van der Waals surface area contributed by atoms with E-state index < -0.39 is 0 Å². The largest absolute Gasteiger partial charge is 0.348 e. The van der Waals surface area contributed by atoms with Gasteiger partial charge in [-0.15, -0.1) is 0 Å². The zero-order valence-electron chi connectivity index (χ0n) is 19.5. The molecule has 0 unspecified atom stereocenters. The molecule has 4 rings (SSSR count). The van der Waals surface area contributed by atoms with Crippen LogP contribution in [0.25, 0.3) is 0 Å². The number of imide groups is 1. The summed E-state index contributed by atoms with van der Waals surface area (Å²) in [5, 5.41) is 0. The summed E-state index contributed by atoms with van der Waals surface area (Å²) in [6.07, 6.45) is 7.50. The van der Waals surface area contributed by atoms with Crippen LogP contribution in [0.2, 0.25) is 0 Å². The molecule has 2 aliphatic rings. The highest BCUT2D eigenvalue weighted by Gasteiger charge is 2.40. The molecule has 2 aromatic rings. The van der Waals surface area contributed by atoms with Crippen LogP contribution in [-0.4, -0.2) is 75.4 Å². The molecule has 0 N–H and O–H groups in total. The molecule has 0 aliphatic carbocycles. The van der Waals surface area contributed by atoms with E-state index in [1.54, 1.807) is 12.4 Å². The van der Waals surface area contributed by atoms with E-state index in [2.05, 4.69) is 31.3 Å². The SMILES string of the molecule is CCCCn1c(C)c2c(c1C)C(=O)N(CCCCN1CCN(c3ncccn3)CC1)C2=O. The molecule has 8 nitrogen and oxygen atoms in total. The minimum Gasteiger partial charge on any atom is -0.348 e. The first-order valence-electron chi connectivity index (χ1n) is 11.8. The standard InChI is InChI=1S/C24H34N6O2/c1-4-5-12-29-18(2)20-21(19(29)3)23(32)30(22(20)31)13-7-6-11-27-14-16-28(17-15-27)24-25-9-8-10-26-24/h8-10H,4-7,11-17H2,1-3H3. The molecule has 1 saturated heterocycles. The number of carbonyl (C=O) groups excluding carboxylic acids is 2. The van der Waals surface area contributed by atoms with Gasteiger partial charge in [-0.25, -0.2) is 9.97 Å². The Bertz CT molecular complexity index is 923. The molecule has 4 heterocycles. The molecular weight excluding hydrogens is 404 g/mol. The van der Waals surface area contributed by atoms with Crippen molar-refractivity contribution in [3.63, 3.8) is 0 Å². The summed E-state index contributed by atoms with van der Waals surface area (Å²) in [5.74, 6) is 0.570. The fraction of sp³-hybridized carbons (Fsp3) is 0.583. The quantitative estimate of drug-likeness (QED) is 0.443. The van der Waals surface area contributed by atoms with Crippen LogP contribution in [0.1, 0.15) is 64.7 Å². The molecule has 0 atom stereocenters. The molecule has 0 aromatic carbocycles. The first-order chi connectivity index (χ1) is 15.5. The first-order valence-corrected chi connectivity index (χ1v) is 11.8. The van der Waals surface area contributed by atoms with E-state index in [4.69, 9.17) is 0 Å². The predicted octanol–water partition coefficient (Wildman–Crippen LogP) is 2.89. The van der Waals surface area contributed by atoms with Crippen LogP contribution >= 0.6 is 0 Å². The van der Waals surface area contributed by atoms with Gasteiger partial charge in [-0.05, 0) is 45.7 Å². The Morgan fingerprint density at radius 1 is 0.812 bits per heavy atom. The lowest BCUT2D eigenvalue weighted by Crippen LogP contribution is -2.47. The number of amides is 2. The van der Waals surface area contributed by atoms with Crippen LogP contribution in [0.5, 0.6) is 0 Å². The number of nitrogens with zero attached hydrogens (tertiary/aromatic N) is 6. The lowest BCUT2D eigenvalue weighted by Gasteiger charge is -2.34. The van der Waals surface area contributed by atoms with Gasteiger partial charge in [0.1, 0.15) is 0 Å². The predicted molar refractivity (Wildman–Crippen MR) is 124 cm³/mol. The second-order valence-electron chi connectivity index (χ2n) is 8.77. The lowest BCUT2D eigenvalue weighted by atomic mass is 10.1. The number of piperazine rings is 1. The van der Waals surface area contributed by atoms with Crippen LogP contribution in [0.15, 0.2) is 18.5 Å². The van der Waals surface area contributed by atoms with Crippen LogP contribution in [0.3, 0.4) is 0 Å². The third-order valence-corrected chi connectivity index (χ3v) is 6.75. The minimum atomic E-state index is -0.114. The maximum Gasteiger partial charge on any atom is 0.263 e. The monoisotopic (exact) mass is 438 g/mol. The fourth-order valence-corrected chi connectivity index (χ4v) is 4.85. The van der Waals surface area contributed by atoms with Gasteiger partial charge in [-0.1, -0.05) is 13.3 Å². The topological polar surface area (TPSA) is 74.6 Å². The highest BCUT2D eigenvalue weighted by atomic mass is 16.2. The number of aromatic nitrogens is 3. The number of hydrogen-bond acceptors (Lipinski definition) is 6. The molecule has 2 amide bonds. The number of carbonyl (C=O) groups is 2. The molecule has 2 aromatic heterocycles. The van der Waals surface area contributed by atoms with E-state index in [1.807, 2.05) is 19.9 Å². The fourth-order valence-electron chi connectivity index (χ4n) is 4.85. The Balaban J connectivity index is 1.25. The summed E-state index contributed by atoms with van der Waals surface area (Å²) in [7, 11) is 0. The van der Waals surface area contributed by atoms with Gasteiger partial charge in [-0.2, -0.15) is 0 Å². The van der Waals surface area contributed by atoms with Crippen molar-refractivity contribution in [3.8, 4) is 0 Å². The zero-order chi connectivity index (χ0) is 22.7. The average molecular weight is 439 g/mol. The summed E-state index contributed by atoms with van der Waals surface area (Å²) < 4.78 is 2.14. The summed E-state index contributed by atoms with van der Waals surface area (Å²) in [6, 6.07) is 1.83. The molecule has 1 fully saturated rings. The Kier molecular flexibility index (Phi) is 6.89. The van der Waals surface area contributed by atoms with E-state index in [-0.39, 0.29) is 11.8 Å². The molecule has 8 heteroatoms. The van der Waals surface area contributed by atoms with Crippen LogP contribution < -0.4 is 4.90 Å². The normalized spacial score (nSPS) is 16.8. The molecular formula is C24H34N6O2. The summed E-state index contributed by atoms with van der Waals surface area (Å²) >= 11 is 0. The molecule has 0 bridgehead atoms. The maximum absolute atomic E-state index is 13.0. The molecule has 0 spiro atoms. The average Bonchev–Trinajstić information content (AvgIpc) is 3.22. The third kappa shape index (κ3) is 4.28. The van der Waals surface area contributed by atoms with E-state index >= 15 is 0 Å². The van der Waals surface area contributed by atoms with E-state index in [1.165, 1.54) is 4.90 Å². The van der Waals surface area contributed by atoms with Crippen LogP contribution in [-0.2, 0) is 6.54 Å². The summed E-state index contributed by atoms with van der Waals surface area (Å²) in [4.78, 5) is 40.8. The van der Waals surface area contributed by atoms with Crippen LogP contribution in [0.4, 0.5) is 5.95 Å². The summed E-state index contributed by atoms with van der Waals surface area (Å²) in [5.41, 5.74) is 3.13. The van der Waals surface area contributed by atoms with Gasteiger partial charge in [0.05, 0.1) is 11.1 Å². The highest BCUT2D eigenvalue weighted by molar-refractivity contribution is 6.22. The van der Waals surface area contributed by atoms with Gasteiger partial charge in [0.25, 0.3) is 11.8 Å². The maximum atomic E-state index is 13.0. The highest BCUT2D eigenvalue weighted by Crippen LogP contribution is 2.31. The minimum absolute atomic E-state index is 0.114. The van der Waals surface area contributed by atoms with Crippen molar-refractivity contribution >= 4 is 17.8 Å². The van der Waals surface area contributed by atoms with Crippen molar-refractivity contribution in [2.24, 2.45) is 0 Å². The third-order valence-electron chi connectivity index (χ3n) is 6.75. The Labute approximate surface area is 190 Å². The molecule has 0 saturated carbocycles. The van der Waals surface area contributed by atoms with Gasteiger partial charge in [0.2, 0.25) is 5.95 Å². The van der Waals surface area contributed by atoms with E-state index in [0.29, 0.717) is 17.7 Å². The second-order valence-corrected chi connectivity index (χ2v) is 8.77. The van der Waals surface area contributed by atoms with Crippen molar-refractivity contribution < 1.29 is 9.59 Å². The Morgan fingerprint density at radius 3 is 2.00 bits per heavy atom. The van der Waals surface area contributed by atoms with Gasteiger partial charge in [0.15, 0.2) is 0 Å². The molecule has 32 heavy (non-hydrogen) atoms. The number of unbranched alkanes of at least 4 members (excludes halogenated alkanes) is 2. The second kappa shape index (κ2) is 9.81. The number of anilines is 1. The Morgan fingerprint density at radius 2 is 1.41 bits per heavy atom. The lowest BCUT2D eigenvalue weighted by molar-refractivity contribution is 0.0648. The zero-order valence-corrected chi connectivity index (χ0v) is 19.5. The van der Waals surface area contributed by atoms with Crippen molar-refractivity contribution in [3.05, 3.63) is 41.0 Å². The van der Waals surface area contributed by atoms with Gasteiger partial charge < -0.3 is 9.47 Å². The van der Waals surface area contributed by atoms with Crippen molar-refractivity contribution in [1.82, 2.24) is 24.3 Å². The van der Waals surface area contributed by atoms with Crippen molar-refractivity contribution in [2.75, 3.05) is 44.2 Å². The van der Waals surface area contributed by atoms with E-state index in [9.17, 15) is 9.59 Å². The number of rotatable bonds is 9. The van der Waals surface area contributed by atoms with Gasteiger partial charge in [-0.3, -0.25) is 19.4 Å². The van der Waals surface area contributed by atoms with Crippen molar-refractivity contribution in [2.45, 2.75) is 53.0 Å². The smallest absolute Gasteiger partial charge is 0.263 e. The summed E-state index contributed by atoms with van der Waals surface area (Å²) in [6.45, 7) is 12.2. The first kappa shape index (κ1) is 22.5. The Hall–Kier alpha value is -2.74.